The van der Waals surface area contributed by atoms with Crippen molar-refractivity contribution in [2.24, 2.45) is 5.73 Å². The van der Waals surface area contributed by atoms with E-state index in [4.69, 9.17) is 5.73 Å². The van der Waals surface area contributed by atoms with E-state index in [9.17, 15) is 52.7 Å². The Balaban J connectivity index is 0.000000170. The molecule has 0 fully saturated rings. The molecule has 0 aliphatic carbocycles. The van der Waals surface area contributed by atoms with Crippen LogP contribution in [0.1, 0.15) is 22.8 Å². The van der Waals surface area contributed by atoms with Crippen LogP contribution in [0.25, 0.3) is 32.7 Å². The SMILES string of the molecule is Fc1c(F)c(F)c([B-](c2c(F)c(F)c(F)c(F)c2F)(c2c(F)c(F)c(F)c(F)c2F)c2c(F)c(F)c(F)c(F)c2F)c(F)c1F.N[C@H](c1ccccc1)[C@@H](c1ccccc1)P(c1ccccc1)c1ccccc1.[Cl-].[Ru+2].c1ccc(P(c2ccccc2)c2ccc3ccccc3c2-c2c(P(c3ccccc3)c3ccccc3)ccc3ccccc23)cc1. The summed E-state index contributed by atoms with van der Waals surface area (Å²) in [6.07, 6.45) is -7.22. The third kappa shape index (κ3) is 16.7. The molecular weight excluding hydrogens is 1760 g/mol. The van der Waals surface area contributed by atoms with E-state index >= 15 is 35.1 Å². The smallest absolute Gasteiger partial charge is 1.00 e. The summed E-state index contributed by atoms with van der Waals surface area (Å²) in [5.41, 5.74) is -2.02. The van der Waals surface area contributed by atoms with E-state index in [0.717, 1.165) is 0 Å². The molecule has 16 aromatic carbocycles. The van der Waals surface area contributed by atoms with Crippen LogP contribution in [0.5, 0.6) is 0 Å². The normalized spacial score (nSPS) is 11.9. The molecule has 0 saturated heterocycles. The molecule has 2 atom stereocenters. The summed E-state index contributed by atoms with van der Waals surface area (Å²) >= 11 is 0. The van der Waals surface area contributed by atoms with Crippen molar-refractivity contribution < 1.29 is 120 Å². The maximum Gasteiger partial charge on any atom is 2.00 e. The Labute approximate surface area is 702 Å². The van der Waals surface area contributed by atoms with Gasteiger partial charge in [-0.05, 0) is 110 Å². The van der Waals surface area contributed by atoms with Crippen LogP contribution in [0.3, 0.4) is 0 Å². The molecular formula is C94H56BClF20NP3Ru. The Hall–Kier alpha value is -11.1. The number of rotatable bonds is 17. The largest absolute Gasteiger partial charge is 2.00 e. The van der Waals surface area contributed by atoms with Gasteiger partial charge in [0.25, 0.3) is 0 Å². The van der Waals surface area contributed by atoms with Gasteiger partial charge in [-0.25, -0.2) is 87.8 Å². The van der Waals surface area contributed by atoms with Crippen LogP contribution in [0.4, 0.5) is 87.8 Å². The molecule has 0 spiro atoms. The maximum atomic E-state index is 15.4. The van der Waals surface area contributed by atoms with Gasteiger partial charge in [0.1, 0.15) is 52.7 Å². The Morgan fingerprint density at radius 1 is 0.215 bits per heavy atom. The molecule has 610 valence electrons. The number of hydrogen-bond acceptors (Lipinski definition) is 1. The van der Waals surface area contributed by atoms with Gasteiger partial charge in [-0.3, -0.25) is 0 Å². The zero-order chi connectivity index (χ0) is 84.3. The predicted octanol–water partition coefficient (Wildman–Crippen LogP) is 17.6. The topological polar surface area (TPSA) is 26.0 Å². The van der Waals surface area contributed by atoms with Gasteiger partial charge in [-0.2, -0.15) is 0 Å². The average molecular weight is 1820 g/mol. The molecule has 121 heavy (non-hydrogen) atoms. The molecule has 0 radical (unpaired) electrons. The van der Waals surface area contributed by atoms with Crippen molar-refractivity contribution in [3.63, 3.8) is 0 Å². The summed E-state index contributed by atoms with van der Waals surface area (Å²) in [5, 5.41) is 16.0. The van der Waals surface area contributed by atoms with Gasteiger partial charge in [-0.1, -0.05) is 315 Å². The summed E-state index contributed by atoms with van der Waals surface area (Å²) in [4.78, 5) is 0. The average Bonchev–Trinajstić information content (AvgIpc) is 0.676. The van der Waals surface area contributed by atoms with Gasteiger partial charge in [0.05, 0.1) is 0 Å². The van der Waals surface area contributed by atoms with Gasteiger partial charge < -0.3 is 18.1 Å². The van der Waals surface area contributed by atoms with Crippen molar-refractivity contribution in [3.8, 4) is 11.1 Å². The fraction of sp³-hybridized carbons (Fsp3) is 0.0213. The van der Waals surface area contributed by atoms with E-state index in [1.165, 1.54) is 86.2 Å². The Bertz CT molecular complexity index is 5750. The number of benzene rings is 16. The summed E-state index contributed by atoms with van der Waals surface area (Å²) in [6.45, 7) is 0. The minimum atomic E-state index is -7.22. The molecule has 16 aromatic rings. The van der Waals surface area contributed by atoms with E-state index in [1.54, 1.807) is 0 Å². The number of fused-ring (bicyclic) bond motifs is 2. The van der Waals surface area contributed by atoms with Crippen molar-refractivity contribution in [1.29, 1.82) is 0 Å². The molecule has 0 heterocycles. The molecule has 0 saturated carbocycles. The minimum absolute atomic E-state index is 0. The number of nitrogens with two attached hydrogens (primary N) is 1. The second-order valence-electron chi connectivity index (χ2n) is 27.0. The Morgan fingerprint density at radius 2 is 0.413 bits per heavy atom. The van der Waals surface area contributed by atoms with E-state index in [0.29, 0.717) is 0 Å². The standard InChI is InChI=1S/C44H32P2.C26H24NP.C24BF20.ClH.Ru/c1-5-19-35(20-6-1)45(36-21-7-2-8-22-36)41-31-29-33-17-13-15-27-39(33)43(41)44-40-28-16-14-18-34(40)30-32-42(44)46(37-23-9-3-10-24-37)38-25-11-4-12-26-38;27-25(21-13-5-1-6-14-21)26(22-15-7-2-8-16-22)28(23-17-9-3-10-18-23)24-19-11-4-12-20-24;26-5-1(6(27)14(35)21(42)13(5)34)25(2-7(28)15(36)22(43)16(37)8(2)29,3-9(30)17(38)23(44)18(39)10(3)31)4-11(32)19(40)24(45)20(41)12(4)33;;/h1-32H;1-20,25-26H,27H2;;1H;/q;;-1;;+2/p-1/t;25-,26-;;;/m.1.../s1. The van der Waals surface area contributed by atoms with Crippen molar-refractivity contribution in [1.82, 2.24) is 0 Å². The molecule has 0 unspecified atom stereocenters. The first-order valence-corrected chi connectivity index (χ1v) is 40.3. The van der Waals surface area contributed by atoms with Crippen molar-refractivity contribution in [2.45, 2.75) is 11.7 Å². The summed E-state index contributed by atoms with van der Waals surface area (Å²) < 4.78 is 294. The monoisotopic (exact) mass is 1820 g/mol. The summed E-state index contributed by atoms with van der Waals surface area (Å²) in [7, 11) is -2.38. The van der Waals surface area contributed by atoms with Gasteiger partial charge in [0.2, 0.25) is 0 Å². The van der Waals surface area contributed by atoms with Crippen LogP contribution in [-0.4, -0.2) is 6.15 Å². The van der Waals surface area contributed by atoms with E-state index in [-0.39, 0.29) is 43.6 Å². The fourth-order valence-electron chi connectivity index (χ4n) is 15.1. The van der Waals surface area contributed by atoms with Crippen LogP contribution < -0.4 is 82.4 Å². The quantitative estimate of drug-likeness (QED) is 0.0318. The van der Waals surface area contributed by atoms with Gasteiger partial charge in [0.15, 0.2) is 69.8 Å². The molecule has 0 aliphatic heterocycles. The predicted molar refractivity (Wildman–Crippen MR) is 435 cm³/mol. The second kappa shape index (κ2) is 38.3. The Kier molecular flexibility index (Phi) is 28.2. The van der Waals surface area contributed by atoms with Crippen molar-refractivity contribution in [3.05, 3.63) is 443 Å². The molecule has 0 bridgehead atoms. The molecule has 0 aromatic heterocycles. The summed E-state index contributed by atoms with van der Waals surface area (Å²) in [6, 6.07) is 115. The molecule has 0 amide bonds. The van der Waals surface area contributed by atoms with Crippen molar-refractivity contribution >= 4 is 116 Å². The number of hydrogen-bond donors (Lipinski definition) is 1. The second-order valence-corrected chi connectivity index (χ2v) is 33.7. The van der Waals surface area contributed by atoms with Crippen molar-refractivity contribution in [2.75, 3.05) is 0 Å². The van der Waals surface area contributed by atoms with Crippen LogP contribution >= 0.6 is 23.8 Å². The number of halogens is 21. The van der Waals surface area contributed by atoms with Crippen LogP contribution in [0.2, 0.25) is 0 Å². The van der Waals surface area contributed by atoms with E-state index in [2.05, 4.69) is 309 Å². The fourth-order valence-corrected chi connectivity index (χ4v) is 23.0. The van der Waals surface area contributed by atoms with Crippen LogP contribution in [0, 0.1) is 116 Å². The summed E-state index contributed by atoms with van der Waals surface area (Å²) in [5.74, 6) is -71.4. The molecule has 1 nitrogen and oxygen atoms in total. The third-order valence-corrected chi connectivity index (χ3v) is 28.2. The van der Waals surface area contributed by atoms with Crippen LogP contribution in [-0.2, 0) is 19.5 Å². The minimum Gasteiger partial charge on any atom is -1.00 e. The first kappa shape index (κ1) is 89.1. The van der Waals surface area contributed by atoms with E-state index < -0.39 is 168 Å². The van der Waals surface area contributed by atoms with Crippen LogP contribution in [0.15, 0.2) is 315 Å². The van der Waals surface area contributed by atoms with Gasteiger partial charge >= 0.3 is 19.5 Å². The van der Waals surface area contributed by atoms with Gasteiger partial charge in [0, 0.05) is 11.7 Å². The molecule has 27 heteroatoms. The first-order valence-electron chi connectivity index (χ1n) is 36.2. The maximum absolute atomic E-state index is 15.4. The molecule has 0 aliphatic rings. The first-order chi connectivity index (χ1) is 57.4. The zero-order valence-electron chi connectivity index (χ0n) is 62.0. The Morgan fingerprint density at radius 3 is 0.661 bits per heavy atom. The van der Waals surface area contributed by atoms with E-state index in [1.807, 2.05) is 6.07 Å². The van der Waals surface area contributed by atoms with Gasteiger partial charge in [-0.15, -0.1) is 21.9 Å². The third-order valence-electron chi connectivity index (χ3n) is 20.3. The zero-order valence-corrected chi connectivity index (χ0v) is 67.1. The molecule has 2 N–H and O–H groups in total. The molecule has 16 rings (SSSR count).